The molecule has 142 valence electrons. The summed E-state index contributed by atoms with van der Waals surface area (Å²) < 4.78 is 15.6. The lowest BCUT2D eigenvalue weighted by Gasteiger charge is -2.11. The number of aromatic nitrogens is 2. The third-order valence-electron chi connectivity index (χ3n) is 4.65. The first-order valence-electron chi connectivity index (χ1n) is 9.24. The van der Waals surface area contributed by atoms with Crippen molar-refractivity contribution >= 4 is 45.1 Å². The molecule has 0 radical (unpaired) electrons. The van der Waals surface area contributed by atoms with Crippen molar-refractivity contribution in [2.24, 2.45) is 0 Å². The third-order valence-corrected chi connectivity index (χ3v) is 8.12. The molecule has 2 aromatic heterocycles. The summed E-state index contributed by atoms with van der Waals surface area (Å²) in [6, 6.07) is 6.84. The van der Waals surface area contributed by atoms with Gasteiger partial charge in [-0.1, -0.05) is 30.8 Å². The van der Waals surface area contributed by atoms with Crippen molar-refractivity contribution < 1.29 is 4.39 Å². The van der Waals surface area contributed by atoms with E-state index in [4.69, 9.17) is 4.98 Å². The van der Waals surface area contributed by atoms with Gasteiger partial charge >= 0.3 is 0 Å². The molecule has 0 spiro atoms. The van der Waals surface area contributed by atoms with Gasteiger partial charge in [0.1, 0.15) is 10.6 Å². The van der Waals surface area contributed by atoms with Gasteiger partial charge in [-0.3, -0.25) is 9.36 Å². The van der Waals surface area contributed by atoms with E-state index in [1.807, 2.05) is 10.6 Å². The Morgan fingerprint density at radius 1 is 1.22 bits per heavy atom. The minimum Gasteiger partial charge on any atom is -0.287 e. The summed E-state index contributed by atoms with van der Waals surface area (Å²) in [5, 5.41) is 1.65. The lowest BCUT2D eigenvalue weighted by atomic mass is 10.2. The van der Waals surface area contributed by atoms with Crippen LogP contribution < -0.4 is 5.56 Å². The third kappa shape index (κ3) is 3.82. The predicted octanol–water partition coefficient (Wildman–Crippen LogP) is 5.38. The largest absolute Gasteiger partial charge is 0.287 e. The number of thioether (sulfide) groups is 2. The Bertz CT molecular complexity index is 1030. The second-order valence-corrected chi connectivity index (χ2v) is 9.80. The lowest BCUT2D eigenvalue weighted by Crippen LogP contribution is -2.23. The van der Waals surface area contributed by atoms with Crippen LogP contribution in [-0.4, -0.2) is 21.1 Å². The molecule has 0 bridgehead atoms. The van der Waals surface area contributed by atoms with Crippen LogP contribution in [0.15, 0.2) is 39.1 Å². The van der Waals surface area contributed by atoms with E-state index >= 15 is 0 Å². The van der Waals surface area contributed by atoms with Gasteiger partial charge in [-0.25, -0.2) is 9.37 Å². The smallest absolute Gasteiger partial charge is 0.263 e. The molecule has 0 saturated heterocycles. The van der Waals surface area contributed by atoms with Gasteiger partial charge in [-0.2, -0.15) is 0 Å². The van der Waals surface area contributed by atoms with E-state index < -0.39 is 0 Å². The monoisotopic (exact) mass is 420 g/mol. The highest BCUT2D eigenvalue weighted by Crippen LogP contribution is 2.35. The number of fused-ring (bicyclic) bond motifs is 3. The van der Waals surface area contributed by atoms with Gasteiger partial charge in [0, 0.05) is 27.8 Å². The number of benzene rings is 1. The first kappa shape index (κ1) is 19.0. The van der Waals surface area contributed by atoms with Crippen LogP contribution in [0, 0.1) is 5.82 Å². The van der Waals surface area contributed by atoms with E-state index in [0.29, 0.717) is 11.4 Å². The van der Waals surface area contributed by atoms with Crippen molar-refractivity contribution in [3.63, 3.8) is 0 Å². The molecule has 1 aliphatic rings. The zero-order chi connectivity index (χ0) is 18.8. The van der Waals surface area contributed by atoms with Gasteiger partial charge in [0.25, 0.3) is 5.56 Å². The average Bonchev–Trinajstić information content (AvgIpc) is 3.23. The van der Waals surface area contributed by atoms with E-state index in [1.165, 1.54) is 28.3 Å². The number of rotatable bonds is 7. The van der Waals surface area contributed by atoms with Crippen LogP contribution in [0.2, 0.25) is 0 Å². The van der Waals surface area contributed by atoms with Crippen LogP contribution in [0.4, 0.5) is 4.39 Å². The minimum absolute atomic E-state index is 0.116. The molecule has 1 aromatic carbocycles. The molecule has 1 aliphatic carbocycles. The van der Waals surface area contributed by atoms with Crippen molar-refractivity contribution in [2.45, 2.75) is 49.2 Å². The van der Waals surface area contributed by atoms with Gasteiger partial charge in [-0.15, -0.1) is 23.1 Å². The molecule has 0 saturated carbocycles. The Hall–Kier alpha value is -1.31. The van der Waals surface area contributed by atoms with Crippen LogP contribution in [-0.2, 0) is 19.4 Å². The van der Waals surface area contributed by atoms with E-state index in [-0.39, 0.29) is 11.4 Å². The Balaban J connectivity index is 1.55. The van der Waals surface area contributed by atoms with Gasteiger partial charge < -0.3 is 0 Å². The normalized spacial score (nSPS) is 13.4. The molecule has 2 heterocycles. The highest BCUT2D eigenvalue weighted by atomic mass is 32.2. The number of hydrogen-bond donors (Lipinski definition) is 0. The second kappa shape index (κ2) is 8.37. The van der Waals surface area contributed by atoms with Crippen molar-refractivity contribution in [1.29, 1.82) is 0 Å². The summed E-state index contributed by atoms with van der Waals surface area (Å²) in [5.74, 6) is 1.38. The highest BCUT2D eigenvalue weighted by molar-refractivity contribution is 8.02. The molecule has 3 aromatic rings. The Morgan fingerprint density at radius 2 is 2.04 bits per heavy atom. The molecule has 0 aliphatic heterocycles. The topological polar surface area (TPSA) is 34.9 Å². The van der Waals surface area contributed by atoms with Crippen LogP contribution in [0.25, 0.3) is 10.2 Å². The molecule has 0 amide bonds. The van der Waals surface area contributed by atoms with Crippen molar-refractivity contribution in [1.82, 2.24) is 9.55 Å². The first-order chi connectivity index (χ1) is 13.2. The number of aryl methyl sites for hydroxylation is 2. The zero-order valence-electron chi connectivity index (χ0n) is 15.2. The summed E-state index contributed by atoms with van der Waals surface area (Å²) in [6.07, 6.45) is 4.13. The molecule has 0 atom stereocenters. The standard InChI is InChI=1S/C20H21FN2OS3/c1-2-10-23-19(24)17-13-6-5-9-15(13)27-18(17)22-20(23)26-12-11-25-16-8-4-3-7-14(16)21/h3-4,7-8H,2,5-6,9-12H2,1H3. The number of thiophene rings is 1. The first-order valence-corrected chi connectivity index (χ1v) is 12.0. The maximum atomic E-state index is 13.7. The molecular formula is C20H21FN2OS3. The highest BCUT2D eigenvalue weighted by Gasteiger charge is 2.23. The van der Waals surface area contributed by atoms with Gasteiger partial charge in [-0.05, 0) is 43.4 Å². The Labute approximate surface area is 170 Å². The number of nitrogens with zero attached hydrogens (tertiary/aromatic N) is 2. The predicted molar refractivity (Wildman–Crippen MR) is 114 cm³/mol. The van der Waals surface area contributed by atoms with E-state index in [9.17, 15) is 9.18 Å². The van der Waals surface area contributed by atoms with Crippen molar-refractivity contribution in [3.8, 4) is 0 Å². The minimum atomic E-state index is -0.178. The molecule has 7 heteroatoms. The fourth-order valence-electron chi connectivity index (χ4n) is 3.44. The summed E-state index contributed by atoms with van der Waals surface area (Å²) in [6.45, 7) is 2.77. The lowest BCUT2D eigenvalue weighted by molar-refractivity contribution is 0.585. The fourth-order valence-corrected chi connectivity index (χ4v) is 6.68. The SMILES string of the molecule is CCCn1c(SCCSc2ccccc2F)nc2sc3c(c2c1=O)CCC3. The van der Waals surface area contributed by atoms with Crippen LogP contribution >= 0.6 is 34.9 Å². The van der Waals surface area contributed by atoms with Crippen LogP contribution in [0.1, 0.15) is 30.2 Å². The van der Waals surface area contributed by atoms with E-state index in [2.05, 4.69) is 6.92 Å². The van der Waals surface area contributed by atoms with Gasteiger partial charge in [0.05, 0.1) is 5.39 Å². The quantitative estimate of drug-likeness (QED) is 0.292. The Kier molecular flexibility index (Phi) is 5.90. The van der Waals surface area contributed by atoms with E-state index in [0.717, 1.165) is 52.6 Å². The van der Waals surface area contributed by atoms with Crippen LogP contribution in [0.5, 0.6) is 0 Å². The van der Waals surface area contributed by atoms with Crippen molar-refractivity contribution in [3.05, 3.63) is 50.9 Å². The molecule has 0 unspecified atom stereocenters. The average molecular weight is 421 g/mol. The zero-order valence-corrected chi connectivity index (χ0v) is 17.6. The summed E-state index contributed by atoms with van der Waals surface area (Å²) >= 11 is 4.79. The summed E-state index contributed by atoms with van der Waals surface area (Å²) in [4.78, 5) is 20.9. The molecular weight excluding hydrogens is 399 g/mol. The molecule has 27 heavy (non-hydrogen) atoms. The number of hydrogen-bond acceptors (Lipinski definition) is 5. The van der Waals surface area contributed by atoms with E-state index in [1.54, 1.807) is 35.2 Å². The molecule has 0 fully saturated rings. The molecule has 4 rings (SSSR count). The summed E-state index contributed by atoms with van der Waals surface area (Å²) in [5.41, 5.74) is 1.36. The van der Waals surface area contributed by atoms with Gasteiger partial charge in [0.15, 0.2) is 5.16 Å². The number of halogens is 1. The van der Waals surface area contributed by atoms with Gasteiger partial charge in [0.2, 0.25) is 0 Å². The van der Waals surface area contributed by atoms with Crippen LogP contribution in [0.3, 0.4) is 0 Å². The molecule has 3 nitrogen and oxygen atoms in total. The maximum Gasteiger partial charge on any atom is 0.263 e. The van der Waals surface area contributed by atoms with Crippen molar-refractivity contribution in [2.75, 3.05) is 11.5 Å². The maximum absolute atomic E-state index is 13.7. The Morgan fingerprint density at radius 3 is 2.85 bits per heavy atom. The molecule has 0 N–H and O–H groups in total. The summed E-state index contributed by atoms with van der Waals surface area (Å²) in [7, 11) is 0. The second-order valence-electron chi connectivity index (χ2n) is 6.52. The fraction of sp³-hybridized carbons (Fsp3) is 0.400.